The number of ether oxygens (including phenoxy) is 1. The molecule has 0 aromatic heterocycles. The Hall–Kier alpha value is -2.11. The molecule has 1 amide bonds. The number of nitrogens with zero attached hydrogens (tertiary/aromatic N) is 1. The van der Waals surface area contributed by atoms with E-state index in [1.807, 2.05) is 0 Å². The van der Waals surface area contributed by atoms with Gasteiger partial charge in [-0.2, -0.15) is 0 Å². The van der Waals surface area contributed by atoms with Crippen molar-refractivity contribution in [2.24, 2.45) is 0 Å². The first-order chi connectivity index (χ1) is 9.54. The number of likely N-dealkylation sites (tertiary alicyclic amines) is 1. The van der Waals surface area contributed by atoms with Crippen molar-refractivity contribution in [2.45, 2.75) is 25.3 Å². The Morgan fingerprint density at radius 2 is 2.25 bits per heavy atom. The maximum atomic E-state index is 13.9. The Bertz CT molecular complexity index is 532. The first-order valence-electron chi connectivity index (χ1n) is 6.40. The first kappa shape index (κ1) is 14.3. The van der Waals surface area contributed by atoms with Crippen LogP contribution in [0.5, 0.6) is 5.75 Å². The van der Waals surface area contributed by atoms with Gasteiger partial charge in [0, 0.05) is 12.6 Å². The Morgan fingerprint density at radius 3 is 2.90 bits per heavy atom. The van der Waals surface area contributed by atoms with Gasteiger partial charge in [0.05, 0.1) is 13.5 Å². The molecule has 1 fully saturated rings. The van der Waals surface area contributed by atoms with Gasteiger partial charge in [-0.25, -0.2) is 4.39 Å². The van der Waals surface area contributed by atoms with Crippen LogP contribution in [-0.4, -0.2) is 41.6 Å². The monoisotopic (exact) mass is 281 g/mol. The van der Waals surface area contributed by atoms with Crippen molar-refractivity contribution in [3.05, 3.63) is 29.6 Å². The minimum atomic E-state index is -0.963. The minimum absolute atomic E-state index is 0.123. The molecule has 20 heavy (non-hydrogen) atoms. The van der Waals surface area contributed by atoms with E-state index < -0.39 is 17.7 Å². The Kier molecular flexibility index (Phi) is 4.22. The van der Waals surface area contributed by atoms with Crippen LogP contribution in [0, 0.1) is 5.82 Å². The van der Waals surface area contributed by atoms with Gasteiger partial charge in [0.2, 0.25) is 0 Å². The van der Waals surface area contributed by atoms with Gasteiger partial charge in [-0.3, -0.25) is 9.59 Å². The minimum Gasteiger partial charge on any atom is -0.496 e. The summed E-state index contributed by atoms with van der Waals surface area (Å²) in [6.07, 6.45) is 1.22. The van der Waals surface area contributed by atoms with Gasteiger partial charge in [0.1, 0.15) is 17.1 Å². The van der Waals surface area contributed by atoms with E-state index in [9.17, 15) is 14.0 Å². The molecule has 1 unspecified atom stereocenters. The lowest BCUT2D eigenvalue weighted by atomic mass is 10.1. The second kappa shape index (κ2) is 5.90. The number of carboxylic acids is 1. The fourth-order valence-electron chi connectivity index (χ4n) is 2.54. The maximum Gasteiger partial charge on any atom is 0.305 e. The second-order valence-corrected chi connectivity index (χ2v) is 4.71. The summed E-state index contributed by atoms with van der Waals surface area (Å²) in [6.45, 7) is 0.439. The van der Waals surface area contributed by atoms with E-state index in [1.165, 1.54) is 30.2 Å². The number of aliphatic carboxylic acids is 1. The van der Waals surface area contributed by atoms with Gasteiger partial charge in [0.15, 0.2) is 0 Å². The molecule has 5 nitrogen and oxygen atoms in total. The van der Waals surface area contributed by atoms with Crippen LogP contribution in [0.1, 0.15) is 29.6 Å². The van der Waals surface area contributed by atoms with Crippen molar-refractivity contribution in [1.82, 2.24) is 4.90 Å². The number of amides is 1. The molecule has 2 rings (SSSR count). The van der Waals surface area contributed by atoms with Gasteiger partial charge in [-0.15, -0.1) is 0 Å². The fraction of sp³-hybridized carbons (Fsp3) is 0.429. The van der Waals surface area contributed by atoms with Crippen molar-refractivity contribution in [3.8, 4) is 5.75 Å². The van der Waals surface area contributed by atoms with E-state index in [4.69, 9.17) is 9.84 Å². The van der Waals surface area contributed by atoms with Crippen LogP contribution >= 0.6 is 0 Å². The SMILES string of the molecule is COc1cccc(F)c1C(=O)N1CCCC1CC(=O)O. The molecule has 0 spiro atoms. The van der Waals surface area contributed by atoms with E-state index in [-0.39, 0.29) is 23.8 Å². The number of rotatable bonds is 4. The van der Waals surface area contributed by atoms with Crippen molar-refractivity contribution in [2.75, 3.05) is 13.7 Å². The Balaban J connectivity index is 2.29. The lowest BCUT2D eigenvalue weighted by Gasteiger charge is -2.24. The van der Waals surface area contributed by atoms with Gasteiger partial charge in [-0.1, -0.05) is 6.07 Å². The zero-order valence-corrected chi connectivity index (χ0v) is 11.1. The van der Waals surface area contributed by atoms with Gasteiger partial charge < -0.3 is 14.7 Å². The summed E-state index contributed by atoms with van der Waals surface area (Å²) >= 11 is 0. The van der Waals surface area contributed by atoms with Gasteiger partial charge in [-0.05, 0) is 25.0 Å². The van der Waals surface area contributed by atoms with Crippen molar-refractivity contribution < 1.29 is 23.8 Å². The zero-order chi connectivity index (χ0) is 14.7. The van der Waals surface area contributed by atoms with Crippen LogP contribution in [0.2, 0.25) is 0 Å². The number of methoxy groups -OCH3 is 1. The maximum absolute atomic E-state index is 13.9. The third kappa shape index (κ3) is 2.74. The molecule has 1 aromatic carbocycles. The number of benzene rings is 1. The van der Waals surface area contributed by atoms with E-state index in [1.54, 1.807) is 0 Å². The van der Waals surface area contributed by atoms with Crippen molar-refractivity contribution in [3.63, 3.8) is 0 Å². The molecular weight excluding hydrogens is 265 g/mol. The molecule has 1 aliphatic heterocycles. The molecule has 1 aromatic rings. The lowest BCUT2D eigenvalue weighted by Crippen LogP contribution is -2.37. The molecule has 1 saturated heterocycles. The van der Waals surface area contributed by atoms with Crippen LogP contribution in [-0.2, 0) is 4.79 Å². The average Bonchev–Trinajstić information content (AvgIpc) is 2.84. The van der Waals surface area contributed by atoms with E-state index >= 15 is 0 Å². The molecule has 0 bridgehead atoms. The van der Waals surface area contributed by atoms with Crippen molar-refractivity contribution >= 4 is 11.9 Å². The molecule has 0 radical (unpaired) electrons. The highest BCUT2D eigenvalue weighted by Gasteiger charge is 2.33. The molecule has 1 aliphatic rings. The summed E-state index contributed by atoms with van der Waals surface area (Å²) in [5.74, 6) is -1.97. The summed E-state index contributed by atoms with van der Waals surface area (Å²) in [5.41, 5.74) is -0.132. The molecule has 1 atom stereocenters. The van der Waals surface area contributed by atoms with E-state index in [0.29, 0.717) is 13.0 Å². The number of carboxylic acid groups (broad SMARTS) is 1. The second-order valence-electron chi connectivity index (χ2n) is 4.71. The molecule has 108 valence electrons. The normalized spacial score (nSPS) is 18.1. The molecule has 0 aliphatic carbocycles. The topological polar surface area (TPSA) is 66.8 Å². The molecule has 6 heteroatoms. The number of hydrogen-bond donors (Lipinski definition) is 1. The molecular formula is C14H16FNO4. The van der Waals surface area contributed by atoms with Gasteiger partial charge in [0.25, 0.3) is 5.91 Å². The summed E-state index contributed by atoms with van der Waals surface area (Å²) < 4.78 is 18.9. The standard InChI is InChI=1S/C14H16FNO4/c1-20-11-6-2-5-10(15)13(11)14(19)16-7-3-4-9(16)8-12(17)18/h2,5-6,9H,3-4,7-8H2,1H3,(H,17,18). The zero-order valence-electron chi connectivity index (χ0n) is 11.1. The fourth-order valence-corrected chi connectivity index (χ4v) is 2.54. The summed E-state index contributed by atoms with van der Waals surface area (Å²) in [6, 6.07) is 3.78. The van der Waals surface area contributed by atoms with Crippen LogP contribution in [0.25, 0.3) is 0 Å². The molecule has 1 N–H and O–H groups in total. The first-order valence-corrected chi connectivity index (χ1v) is 6.40. The largest absolute Gasteiger partial charge is 0.496 e. The van der Waals surface area contributed by atoms with E-state index in [0.717, 1.165) is 6.42 Å². The quantitative estimate of drug-likeness (QED) is 0.915. The number of hydrogen-bond acceptors (Lipinski definition) is 3. The van der Waals surface area contributed by atoms with Crippen LogP contribution in [0.4, 0.5) is 4.39 Å². The summed E-state index contributed by atoms with van der Waals surface area (Å²) in [4.78, 5) is 24.7. The third-order valence-electron chi connectivity index (χ3n) is 3.46. The number of carbonyl (C=O) groups excluding carboxylic acids is 1. The number of carbonyl (C=O) groups is 2. The smallest absolute Gasteiger partial charge is 0.305 e. The summed E-state index contributed by atoms with van der Waals surface area (Å²) in [7, 11) is 1.37. The van der Waals surface area contributed by atoms with Crippen LogP contribution in [0.3, 0.4) is 0 Å². The van der Waals surface area contributed by atoms with Crippen molar-refractivity contribution in [1.29, 1.82) is 0 Å². The Labute approximate surface area is 116 Å². The van der Waals surface area contributed by atoms with Gasteiger partial charge >= 0.3 is 5.97 Å². The van der Waals surface area contributed by atoms with Crippen LogP contribution < -0.4 is 4.74 Å². The highest BCUT2D eigenvalue weighted by Crippen LogP contribution is 2.28. The van der Waals surface area contributed by atoms with E-state index in [2.05, 4.69) is 0 Å². The predicted octanol–water partition coefficient (Wildman–Crippen LogP) is 1.91. The number of halogens is 1. The predicted molar refractivity (Wildman–Crippen MR) is 69.3 cm³/mol. The molecule has 1 heterocycles. The molecule has 0 saturated carbocycles. The lowest BCUT2D eigenvalue weighted by molar-refractivity contribution is -0.137. The van der Waals surface area contributed by atoms with Crippen LogP contribution in [0.15, 0.2) is 18.2 Å². The summed E-state index contributed by atoms with van der Waals surface area (Å²) in [5, 5.41) is 8.86. The Morgan fingerprint density at radius 1 is 1.50 bits per heavy atom. The highest BCUT2D eigenvalue weighted by molar-refractivity contribution is 5.97. The average molecular weight is 281 g/mol. The highest BCUT2D eigenvalue weighted by atomic mass is 19.1. The third-order valence-corrected chi connectivity index (χ3v) is 3.46.